The Bertz CT molecular complexity index is 445. The summed E-state index contributed by atoms with van der Waals surface area (Å²) in [6.45, 7) is 0. The van der Waals surface area contributed by atoms with Crippen LogP contribution in [0.2, 0.25) is 0 Å². The van der Waals surface area contributed by atoms with E-state index in [-0.39, 0.29) is 6.42 Å². The van der Waals surface area contributed by atoms with Crippen LogP contribution in [0.5, 0.6) is 0 Å². The molecule has 15 heavy (non-hydrogen) atoms. The monoisotopic (exact) mass is 199 g/mol. The van der Waals surface area contributed by atoms with Crippen molar-refractivity contribution in [3.05, 3.63) is 29.8 Å². The van der Waals surface area contributed by atoms with Crippen LogP contribution in [0, 0.1) is 23.2 Å². The van der Waals surface area contributed by atoms with Crippen LogP contribution in [-0.4, -0.2) is 6.03 Å². The van der Waals surface area contributed by atoms with E-state index in [2.05, 4.69) is 17.2 Å². The number of primary amides is 1. The molecule has 1 rings (SSSR count). The highest BCUT2D eigenvalue weighted by Gasteiger charge is 1.94. The summed E-state index contributed by atoms with van der Waals surface area (Å²) in [6, 6.07) is 8.21. The fraction of sp³-hybridized carbons (Fsp3) is 0.0909. The van der Waals surface area contributed by atoms with Crippen molar-refractivity contribution in [1.29, 1.82) is 5.26 Å². The molecule has 0 saturated heterocycles. The average Bonchev–Trinajstić information content (AvgIpc) is 2.20. The van der Waals surface area contributed by atoms with Crippen LogP contribution in [0.4, 0.5) is 10.5 Å². The molecule has 2 amide bonds. The number of nitrogens with zero attached hydrogens (tertiary/aromatic N) is 1. The maximum Gasteiger partial charge on any atom is 0.316 e. The third kappa shape index (κ3) is 3.84. The predicted octanol–water partition coefficient (Wildman–Crippen LogP) is 1.44. The largest absolute Gasteiger partial charge is 0.351 e. The number of urea groups is 1. The van der Waals surface area contributed by atoms with Crippen molar-refractivity contribution < 1.29 is 4.79 Å². The summed E-state index contributed by atoms with van der Waals surface area (Å²) in [6.07, 6.45) is 0.210. The molecule has 4 nitrogen and oxygen atoms in total. The van der Waals surface area contributed by atoms with Crippen LogP contribution in [0.1, 0.15) is 12.0 Å². The fourth-order valence-corrected chi connectivity index (χ4v) is 0.965. The SMILES string of the molecule is N#CCC#Cc1ccc(NC(N)=O)cc1. The Kier molecular flexibility index (Phi) is 3.76. The number of amides is 2. The van der Waals surface area contributed by atoms with Gasteiger partial charge in [0.15, 0.2) is 0 Å². The van der Waals surface area contributed by atoms with Gasteiger partial charge in [-0.1, -0.05) is 11.8 Å². The number of hydrogen-bond donors (Lipinski definition) is 2. The average molecular weight is 199 g/mol. The van der Waals surface area contributed by atoms with Crippen molar-refractivity contribution in [2.24, 2.45) is 5.73 Å². The molecule has 0 atom stereocenters. The Morgan fingerprint density at radius 2 is 2.07 bits per heavy atom. The van der Waals surface area contributed by atoms with E-state index in [1.807, 2.05) is 6.07 Å². The number of rotatable bonds is 1. The topological polar surface area (TPSA) is 78.9 Å². The molecule has 1 aromatic rings. The molecule has 0 radical (unpaired) electrons. The van der Waals surface area contributed by atoms with E-state index in [1.54, 1.807) is 24.3 Å². The van der Waals surface area contributed by atoms with Gasteiger partial charge in [0.2, 0.25) is 0 Å². The Morgan fingerprint density at radius 1 is 1.40 bits per heavy atom. The van der Waals surface area contributed by atoms with Crippen LogP contribution in [0.3, 0.4) is 0 Å². The Hall–Kier alpha value is -2.46. The molecule has 0 aliphatic carbocycles. The number of carbonyl (C=O) groups excluding carboxylic acids is 1. The zero-order valence-electron chi connectivity index (χ0n) is 7.95. The second-order valence-electron chi connectivity index (χ2n) is 2.70. The zero-order valence-corrected chi connectivity index (χ0v) is 7.95. The molecular formula is C11H9N3O. The minimum absolute atomic E-state index is 0.210. The minimum atomic E-state index is -0.599. The fourth-order valence-electron chi connectivity index (χ4n) is 0.965. The number of carbonyl (C=O) groups is 1. The summed E-state index contributed by atoms with van der Waals surface area (Å²) in [5.74, 6) is 5.50. The molecule has 74 valence electrons. The Labute approximate surface area is 87.7 Å². The van der Waals surface area contributed by atoms with Gasteiger partial charge >= 0.3 is 6.03 Å². The number of nitriles is 1. The van der Waals surface area contributed by atoms with Gasteiger partial charge in [-0.3, -0.25) is 0 Å². The van der Waals surface area contributed by atoms with Gasteiger partial charge in [-0.25, -0.2) is 4.79 Å². The lowest BCUT2D eigenvalue weighted by molar-refractivity contribution is 0.259. The van der Waals surface area contributed by atoms with Crippen molar-refractivity contribution in [2.45, 2.75) is 6.42 Å². The van der Waals surface area contributed by atoms with Gasteiger partial charge in [-0.2, -0.15) is 5.26 Å². The van der Waals surface area contributed by atoms with Gasteiger partial charge in [-0.05, 0) is 24.3 Å². The first kappa shape index (κ1) is 10.6. The lowest BCUT2D eigenvalue weighted by Crippen LogP contribution is -2.19. The van der Waals surface area contributed by atoms with Crippen molar-refractivity contribution in [2.75, 3.05) is 5.32 Å². The zero-order chi connectivity index (χ0) is 11.1. The van der Waals surface area contributed by atoms with Crippen LogP contribution in [0.25, 0.3) is 0 Å². The van der Waals surface area contributed by atoms with Gasteiger partial charge in [-0.15, -0.1) is 0 Å². The van der Waals surface area contributed by atoms with E-state index < -0.39 is 6.03 Å². The summed E-state index contributed by atoms with van der Waals surface area (Å²) in [7, 11) is 0. The lowest BCUT2D eigenvalue weighted by atomic mass is 10.2. The second-order valence-corrected chi connectivity index (χ2v) is 2.70. The van der Waals surface area contributed by atoms with Gasteiger partial charge in [0.1, 0.15) is 0 Å². The number of anilines is 1. The highest BCUT2D eigenvalue weighted by Crippen LogP contribution is 2.07. The molecule has 1 aromatic carbocycles. The second kappa shape index (κ2) is 5.31. The van der Waals surface area contributed by atoms with Crippen LogP contribution >= 0.6 is 0 Å². The number of nitrogens with one attached hydrogen (secondary N) is 1. The summed E-state index contributed by atoms with van der Waals surface area (Å²) in [5.41, 5.74) is 6.36. The molecule has 0 fully saturated rings. The molecule has 0 heterocycles. The lowest BCUT2D eigenvalue weighted by Gasteiger charge is -2.00. The highest BCUT2D eigenvalue weighted by molar-refractivity contribution is 5.87. The first-order valence-corrected chi connectivity index (χ1v) is 4.24. The molecule has 4 heteroatoms. The van der Waals surface area contributed by atoms with E-state index >= 15 is 0 Å². The first-order chi connectivity index (χ1) is 7.22. The summed E-state index contributed by atoms with van der Waals surface area (Å²) in [5, 5.41) is 10.7. The molecule has 0 spiro atoms. The van der Waals surface area contributed by atoms with Gasteiger partial charge < -0.3 is 11.1 Å². The smallest absolute Gasteiger partial charge is 0.316 e. The Balaban J connectivity index is 2.70. The maximum absolute atomic E-state index is 10.5. The summed E-state index contributed by atoms with van der Waals surface area (Å²) < 4.78 is 0. The third-order valence-electron chi connectivity index (χ3n) is 1.55. The van der Waals surface area contributed by atoms with Gasteiger partial charge in [0, 0.05) is 11.3 Å². The van der Waals surface area contributed by atoms with Crippen molar-refractivity contribution in [3.63, 3.8) is 0 Å². The quantitative estimate of drug-likeness (QED) is 0.671. The summed E-state index contributed by atoms with van der Waals surface area (Å²) >= 11 is 0. The number of benzene rings is 1. The number of nitrogens with two attached hydrogens (primary N) is 1. The number of hydrogen-bond acceptors (Lipinski definition) is 2. The molecule has 0 unspecified atom stereocenters. The van der Waals surface area contributed by atoms with E-state index in [0.29, 0.717) is 5.69 Å². The van der Waals surface area contributed by atoms with Crippen LogP contribution in [-0.2, 0) is 0 Å². The standard InChI is InChI=1S/C11H9N3O/c12-8-2-1-3-9-4-6-10(7-5-9)14-11(13)15/h4-7H,2H2,(H3,13,14,15). The van der Waals surface area contributed by atoms with Crippen molar-refractivity contribution in [1.82, 2.24) is 0 Å². The molecular weight excluding hydrogens is 190 g/mol. The molecule has 0 bridgehead atoms. The summed E-state index contributed by atoms with van der Waals surface area (Å²) in [4.78, 5) is 10.5. The molecule has 0 aromatic heterocycles. The third-order valence-corrected chi connectivity index (χ3v) is 1.55. The van der Waals surface area contributed by atoms with Crippen LogP contribution in [0.15, 0.2) is 24.3 Å². The first-order valence-electron chi connectivity index (χ1n) is 4.24. The molecule has 0 aliphatic rings. The highest BCUT2D eigenvalue weighted by atomic mass is 16.2. The minimum Gasteiger partial charge on any atom is -0.351 e. The van der Waals surface area contributed by atoms with E-state index in [1.165, 1.54) is 0 Å². The van der Waals surface area contributed by atoms with E-state index in [4.69, 9.17) is 11.0 Å². The molecule has 0 saturated carbocycles. The molecule has 0 aliphatic heterocycles. The van der Waals surface area contributed by atoms with Gasteiger partial charge in [0.25, 0.3) is 0 Å². The van der Waals surface area contributed by atoms with E-state index in [0.717, 1.165) is 5.56 Å². The predicted molar refractivity (Wildman–Crippen MR) is 56.8 cm³/mol. The van der Waals surface area contributed by atoms with E-state index in [9.17, 15) is 4.79 Å². The Morgan fingerprint density at radius 3 is 2.60 bits per heavy atom. The molecule has 3 N–H and O–H groups in total. The van der Waals surface area contributed by atoms with Gasteiger partial charge in [0.05, 0.1) is 12.5 Å². The van der Waals surface area contributed by atoms with Crippen molar-refractivity contribution in [3.8, 4) is 17.9 Å². The normalized spacial score (nSPS) is 8.20. The van der Waals surface area contributed by atoms with Crippen molar-refractivity contribution >= 4 is 11.7 Å². The maximum atomic E-state index is 10.5. The van der Waals surface area contributed by atoms with Crippen LogP contribution < -0.4 is 11.1 Å².